The van der Waals surface area contributed by atoms with Gasteiger partial charge in [0.15, 0.2) is 6.29 Å². The van der Waals surface area contributed by atoms with Gasteiger partial charge in [-0.1, -0.05) is 0 Å². The SMILES string of the molecule is Cc1ccnc(OCC=O)c1[C@H]1CC[C@@H](OC[C@@H]2NCCC[C@@H]2NS(=O)(=O)C2CC2)CC1. The van der Waals surface area contributed by atoms with Crippen LogP contribution in [0.4, 0.5) is 0 Å². The van der Waals surface area contributed by atoms with Gasteiger partial charge in [-0.3, -0.25) is 4.79 Å². The molecular formula is C23H35N3O5S. The number of aromatic nitrogens is 1. The van der Waals surface area contributed by atoms with Crippen LogP contribution in [-0.2, 0) is 19.6 Å². The lowest BCUT2D eigenvalue weighted by molar-refractivity contribution is -0.109. The zero-order valence-electron chi connectivity index (χ0n) is 18.8. The molecule has 1 aliphatic heterocycles. The zero-order valence-corrected chi connectivity index (χ0v) is 19.6. The van der Waals surface area contributed by atoms with E-state index in [0.29, 0.717) is 18.4 Å². The van der Waals surface area contributed by atoms with Crippen molar-refractivity contribution in [2.24, 2.45) is 0 Å². The van der Waals surface area contributed by atoms with Crippen LogP contribution in [0.1, 0.15) is 68.4 Å². The number of carbonyl (C=O) groups excluding carboxylic acids is 1. The summed E-state index contributed by atoms with van der Waals surface area (Å²) in [5.41, 5.74) is 2.25. The molecular weight excluding hydrogens is 430 g/mol. The van der Waals surface area contributed by atoms with Crippen molar-refractivity contribution in [2.45, 2.75) is 87.6 Å². The van der Waals surface area contributed by atoms with Crippen LogP contribution in [0.25, 0.3) is 0 Å². The smallest absolute Gasteiger partial charge is 0.217 e. The summed E-state index contributed by atoms with van der Waals surface area (Å²) < 4.78 is 39.6. The van der Waals surface area contributed by atoms with Gasteiger partial charge in [-0.15, -0.1) is 0 Å². The average Bonchev–Trinajstić information content (AvgIpc) is 3.64. The number of aldehydes is 1. The maximum Gasteiger partial charge on any atom is 0.217 e. The number of pyridine rings is 1. The third-order valence-electron chi connectivity index (χ3n) is 6.92. The normalized spacial score (nSPS) is 28.9. The number of carbonyl (C=O) groups is 1. The molecule has 0 radical (unpaired) electrons. The molecule has 3 fully saturated rings. The fraction of sp³-hybridized carbons (Fsp3) is 0.739. The van der Waals surface area contributed by atoms with Crippen LogP contribution in [-0.4, -0.2) is 62.9 Å². The van der Waals surface area contributed by atoms with Gasteiger partial charge in [0.05, 0.1) is 18.0 Å². The van der Waals surface area contributed by atoms with Crippen molar-refractivity contribution in [3.8, 4) is 5.88 Å². The molecule has 32 heavy (non-hydrogen) atoms. The van der Waals surface area contributed by atoms with Crippen molar-refractivity contribution in [1.82, 2.24) is 15.0 Å². The van der Waals surface area contributed by atoms with E-state index in [9.17, 15) is 13.2 Å². The van der Waals surface area contributed by atoms with Gasteiger partial charge in [0, 0.05) is 23.8 Å². The van der Waals surface area contributed by atoms with Gasteiger partial charge in [-0.2, -0.15) is 0 Å². The van der Waals surface area contributed by atoms with E-state index in [1.165, 1.54) is 0 Å². The molecule has 0 amide bonds. The van der Waals surface area contributed by atoms with E-state index < -0.39 is 10.0 Å². The summed E-state index contributed by atoms with van der Waals surface area (Å²) >= 11 is 0. The molecule has 0 unspecified atom stereocenters. The van der Waals surface area contributed by atoms with Crippen molar-refractivity contribution in [2.75, 3.05) is 19.8 Å². The predicted molar refractivity (Wildman–Crippen MR) is 121 cm³/mol. The first-order valence-electron chi connectivity index (χ1n) is 11.9. The minimum Gasteiger partial charge on any atom is -0.470 e. The Bertz CT molecular complexity index is 882. The van der Waals surface area contributed by atoms with Crippen LogP contribution in [0, 0.1) is 6.92 Å². The Hall–Kier alpha value is -1.55. The number of ether oxygens (including phenoxy) is 2. The number of nitrogens with zero attached hydrogens (tertiary/aromatic N) is 1. The Morgan fingerprint density at radius 1 is 1.19 bits per heavy atom. The molecule has 2 atom stereocenters. The third kappa shape index (κ3) is 5.87. The molecule has 2 N–H and O–H groups in total. The van der Waals surface area contributed by atoms with Crippen molar-refractivity contribution < 1.29 is 22.7 Å². The first-order valence-corrected chi connectivity index (χ1v) is 13.4. The minimum absolute atomic E-state index is 0.0129. The molecule has 1 saturated heterocycles. The summed E-state index contributed by atoms with van der Waals surface area (Å²) in [6.07, 6.45) is 9.85. The van der Waals surface area contributed by atoms with E-state index in [0.717, 1.165) is 75.3 Å². The lowest BCUT2D eigenvalue weighted by Gasteiger charge is -2.35. The number of piperidine rings is 1. The second-order valence-electron chi connectivity index (χ2n) is 9.30. The number of nitrogens with one attached hydrogen (secondary N) is 2. The lowest BCUT2D eigenvalue weighted by atomic mass is 9.81. The average molecular weight is 466 g/mol. The molecule has 1 aromatic heterocycles. The Morgan fingerprint density at radius 2 is 1.97 bits per heavy atom. The van der Waals surface area contributed by atoms with E-state index in [2.05, 4.69) is 21.9 Å². The second kappa shape index (κ2) is 10.6. The topological polar surface area (TPSA) is 107 Å². The zero-order chi connectivity index (χ0) is 22.6. The van der Waals surface area contributed by atoms with Crippen molar-refractivity contribution in [3.05, 3.63) is 23.4 Å². The minimum atomic E-state index is -3.20. The third-order valence-corrected chi connectivity index (χ3v) is 8.90. The van der Waals surface area contributed by atoms with E-state index in [-0.39, 0.29) is 30.0 Å². The monoisotopic (exact) mass is 465 g/mol. The molecule has 0 bridgehead atoms. The van der Waals surface area contributed by atoms with E-state index in [4.69, 9.17) is 9.47 Å². The quantitative estimate of drug-likeness (QED) is 0.510. The molecule has 178 valence electrons. The van der Waals surface area contributed by atoms with Crippen LogP contribution in [0.5, 0.6) is 5.88 Å². The van der Waals surface area contributed by atoms with Crippen LogP contribution in [0.3, 0.4) is 0 Å². The molecule has 2 aliphatic carbocycles. The first kappa shape index (κ1) is 23.6. The molecule has 2 saturated carbocycles. The van der Waals surface area contributed by atoms with E-state index >= 15 is 0 Å². The lowest BCUT2D eigenvalue weighted by Crippen LogP contribution is -2.56. The number of sulfonamides is 1. The van der Waals surface area contributed by atoms with Crippen LogP contribution < -0.4 is 14.8 Å². The molecule has 1 aromatic rings. The van der Waals surface area contributed by atoms with Gasteiger partial charge in [0.1, 0.15) is 6.61 Å². The highest BCUT2D eigenvalue weighted by Gasteiger charge is 2.39. The number of hydrogen-bond acceptors (Lipinski definition) is 7. The highest BCUT2D eigenvalue weighted by atomic mass is 32.2. The highest BCUT2D eigenvalue weighted by molar-refractivity contribution is 7.90. The summed E-state index contributed by atoms with van der Waals surface area (Å²) in [4.78, 5) is 15.1. The largest absolute Gasteiger partial charge is 0.470 e. The van der Waals surface area contributed by atoms with Gasteiger partial charge in [0.25, 0.3) is 0 Å². The van der Waals surface area contributed by atoms with Crippen LogP contribution >= 0.6 is 0 Å². The Balaban J connectivity index is 1.29. The summed E-state index contributed by atoms with van der Waals surface area (Å²) in [5.74, 6) is 0.912. The Morgan fingerprint density at radius 3 is 2.69 bits per heavy atom. The first-order chi connectivity index (χ1) is 15.5. The van der Waals surface area contributed by atoms with Crippen molar-refractivity contribution in [1.29, 1.82) is 0 Å². The van der Waals surface area contributed by atoms with Gasteiger partial charge < -0.3 is 14.8 Å². The van der Waals surface area contributed by atoms with Crippen LogP contribution in [0.15, 0.2) is 12.3 Å². The predicted octanol–water partition coefficient (Wildman–Crippen LogP) is 2.21. The van der Waals surface area contributed by atoms with Crippen LogP contribution in [0.2, 0.25) is 0 Å². The number of hydrogen-bond donors (Lipinski definition) is 2. The maximum absolute atomic E-state index is 12.4. The fourth-order valence-electron chi connectivity index (χ4n) is 4.98. The van der Waals surface area contributed by atoms with Gasteiger partial charge >= 0.3 is 0 Å². The summed E-state index contributed by atoms with van der Waals surface area (Å²) in [5, 5.41) is 3.26. The summed E-state index contributed by atoms with van der Waals surface area (Å²) in [7, 11) is -3.20. The highest BCUT2D eigenvalue weighted by Crippen LogP contribution is 2.39. The fourth-order valence-corrected chi connectivity index (χ4v) is 6.64. The molecule has 8 nitrogen and oxygen atoms in total. The Labute approximate surface area is 190 Å². The van der Waals surface area contributed by atoms with E-state index in [1.54, 1.807) is 6.20 Å². The van der Waals surface area contributed by atoms with Crippen molar-refractivity contribution in [3.63, 3.8) is 0 Å². The number of rotatable bonds is 10. The van der Waals surface area contributed by atoms with Crippen molar-refractivity contribution >= 4 is 16.3 Å². The molecule has 2 heterocycles. The molecule has 4 rings (SSSR count). The van der Waals surface area contributed by atoms with Gasteiger partial charge in [-0.05, 0) is 82.4 Å². The number of aryl methyl sites for hydroxylation is 1. The molecule has 0 aromatic carbocycles. The Kier molecular flexibility index (Phi) is 7.81. The summed E-state index contributed by atoms with van der Waals surface area (Å²) in [6, 6.07) is 1.91. The maximum atomic E-state index is 12.4. The van der Waals surface area contributed by atoms with E-state index in [1.807, 2.05) is 6.07 Å². The van der Waals surface area contributed by atoms with Gasteiger partial charge in [0.2, 0.25) is 15.9 Å². The second-order valence-corrected chi connectivity index (χ2v) is 11.3. The van der Waals surface area contributed by atoms with Gasteiger partial charge in [-0.25, -0.2) is 18.1 Å². The molecule has 9 heteroatoms. The molecule has 3 aliphatic rings. The molecule has 0 spiro atoms. The standard InChI is InChI=1S/C23H35N3O5S/c1-16-10-12-25-23(30-14-13-27)22(16)17-4-6-18(7-5-17)31-15-21-20(3-2-11-24-21)26-32(28,29)19-8-9-19/h10,12-13,17-21,24,26H,2-9,11,14-15H2,1H3/t17-,18+,20-,21-/m0/s1. The summed E-state index contributed by atoms with van der Waals surface area (Å²) in [6.45, 7) is 3.49.